The maximum absolute atomic E-state index is 12.4. The number of carbonyl (C=O) groups is 1. The molecule has 0 N–H and O–H groups in total. The van der Waals surface area contributed by atoms with Crippen molar-refractivity contribution in [1.82, 2.24) is 9.78 Å². The van der Waals surface area contributed by atoms with E-state index in [1.165, 1.54) is 0 Å². The first-order valence-electron chi connectivity index (χ1n) is 7.58. The molecule has 1 aromatic carbocycles. The van der Waals surface area contributed by atoms with E-state index in [9.17, 15) is 4.79 Å². The summed E-state index contributed by atoms with van der Waals surface area (Å²) in [6, 6.07) is 9.91. The number of amides is 1. The molecule has 0 unspecified atom stereocenters. The van der Waals surface area contributed by atoms with Gasteiger partial charge in [-0.25, -0.2) is 9.48 Å². The highest BCUT2D eigenvalue weighted by atomic mass is 16.6. The van der Waals surface area contributed by atoms with Crippen molar-refractivity contribution in [3.8, 4) is 5.69 Å². The van der Waals surface area contributed by atoms with E-state index in [0.717, 1.165) is 29.9 Å². The van der Waals surface area contributed by atoms with Gasteiger partial charge >= 0.3 is 6.09 Å². The number of hydrogen-bond acceptors (Lipinski definition) is 3. The second-order valence-corrected chi connectivity index (χ2v) is 6.48. The number of carbonyl (C=O) groups excluding carboxylic acids is 1. The van der Waals surface area contributed by atoms with Crippen LogP contribution >= 0.6 is 0 Å². The monoisotopic (exact) mass is 299 g/mol. The smallest absolute Gasteiger partial charge is 0.414 e. The Morgan fingerprint density at radius 1 is 1.23 bits per heavy atom. The zero-order valence-electron chi connectivity index (χ0n) is 13.2. The van der Waals surface area contributed by atoms with Crippen LogP contribution in [-0.2, 0) is 11.2 Å². The van der Waals surface area contributed by atoms with Crippen molar-refractivity contribution >= 4 is 11.8 Å². The van der Waals surface area contributed by atoms with Crippen LogP contribution in [0.15, 0.2) is 36.5 Å². The zero-order valence-corrected chi connectivity index (χ0v) is 13.2. The molecule has 1 aromatic heterocycles. The summed E-state index contributed by atoms with van der Waals surface area (Å²) < 4.78 is 7.33. The van der Waals surface area contributed by atoms with Crippen LogP contribution in [0.2, 0.25) is 0 Å². The van der Waals surface area contributed by atoms with Crippen LogP contribution in [-0.4, -0.2) is 28.0 Å². The maximum atomic E-state index is 12.4. The summed E-state index contributed by atoms with van der Waals surface area (Å²) in [7, 11) is 0. The molecule has 0 saturated heterocycles. The number of hydrogen-bond donors (Lipinski definition) is 0. The molecule has 0 saturated carbocycles. The first-order chi connectivity index (χ1) is 10.4. The van der Waals surface area contributed by atoms with E-state index in [1.54, 1.807) is 4.90 Å². The van der Waals surface area contributed by atoms with Gasteiger partial charge in [0.1, 0.15) is 5.60 Å². The van der Waals surface area contributed by atoms with Gasteiger partial charge in [0.05, 0.1) is 23.3 Å². The fraction of sp³-hybridized carbons (Fsp3) is 0.412. The average molecular weight is 299 g/mol. The summed E-state index contributed by atoms with van der Waals surface area (Å²) in [5.41, 5.74) is 2.29. The Balaban J connectivity index is 1.90. The lowest BCUT2D eigenvalue weighted by atomic mass is 10.1. The SMILES string of the molecule is CC(C)(C)OC(=O)N1CCCc2nn(-c3ccccc3)cc21. The highest BCUT2D eigenvalue weighted by molar-refractivity contribution is 5.89. The molecule has 0 radical (unpaired) electrons. The number of aryl methyl sites for hydroxylation is 1. The minimum absolute atomic E-state index is 0.305. The molecule has 1 amide bonds. The van der Waals surface area contributed by atoms with Crippen LogP contribution in [0.3, 0.4) is 0 Å². The van der Waals surface area contributed by atoms with Gasteiger partial charge in [-0.15, -0.1) is 0 Å². The lowest BCUT2D eigenvalue weighted by Gasteiger charge is -2.29. The first kappa shape index (κ1) is 14.6. The largest absolute Gasteiger partial charge is 0.443 e. The van der Waals surface area contributed by atoms with Crippen LogP contribution in [0.25, 0.3) is 5.69 Å². The number of para-hydroxylation sites is 1. The first-order valence-corrected chi connectivity index (χ1v) is 7.58. The van der Waals surface area contributed by atoms with E-state index in [1.807, 2.05) is 62.0 Å². The van der Waals surface area contributed by atoms with Crippen molar-refractivity contribution in [3.63, 3.8) is 0 Å². The van der Waals surface area contributed by atoms with Crippen molar-refractivity contribution < 1.29 is 9.53 Å². The number of ether oxygens (including phenoxy) is 1. The van der Waals surface area contributed by atoms with Crippen LogP contribution in [0.5, 0.6) is 0 Å². The predicted molar refractivity (Wildman–Crippen MR) is 85.5 cm³/mol. The van der Waals surface area contributed by atoms with Crippen molar-refractivity contribution in [2.24, 2.45) is 0 Å². The second kappa shape index (κ2) is 5.48. The van der Waals surface area contributed by atoms with E-state index in [4.69, 9.17) is 4.74 Å². The molecule has 1 aliphatic rings. The Kier molecular flexibility index (Phi) is 3.64. The molecule has 0 aliphatic carbocycles. The van der Waals surface area contributed by atoms with E-state index in [0.29, 0.717) is 6.54 Å². The Morgan fingerprint density at radius 3 is 2.64 bits per heavy atom. The third-order valence-corrected chi connectivity index (χ3v) is 3.49. The van der Waals surface area contributed by atoms with E-state index >= 15 is 0 Å². The molecule has 22 heavy (non-hydrogen) atoms. The van der Waals surface area contributed by atoms with Gasteiger partial charge in [-0.3, -0.25) is 4.90 Å². The highest BCUT2D eigenvalue weighted by Gasteiger charge is 2.29. The fourth-order valence-corrected chi connectivity index (χ4v) is 2.55. The van der Waals surface area contributed by atoms with Gasteiger partial charge in [0.15, 0.2) is 0 Å². The van der Waals surface area contributed by atoms with Gasteiger partial charge < -0.3 is 4.74 Å². The standard InChI is InChI=1S/C17H21N3O2/c1-17(2,3)22-16(21)19-11-7-10-14-15(19)12-20(18-14)13-8-5-4-6-9-13/h4-6,8-9,12H,7,10-11H2,1-3H3. The van der Waals surface area contributed by atoms with Crippen molar-refractivity contribution in [2.75, 3.05) is 11.4 Å². The molecular weight excluding hydrogens is 278 g/mol. The lowest BCUT2D eigenvalue weighted by molar-refractivity contribution is 0.0578. The number of anilines is 1. The van der Waals surface area contributed by atoms with Crippen LogP contribution in [0, 0.1) is 0 Å². The normalized spacial score (nSPS) is 14.6. The summed E-state index contributed by atoms with van der Waals surface area (Å²) in [5.74, 6) is 0. The second-order valence-electron chi connectivity index (χ2n) is 6.48. The van der Waals surface area contributed by atoms with Gasteiger partial charge in [-0.05, 0) is 45.7 Å². The molecule has 2 aromatic rings. The summed E-state index contributed by atoms with van der Waals surface area (Å²) in [6.45, 7) is 6.30. The van der Waals surface area contributed by atoms with Crippen LogP contribution < -0.4 is 4.90 Å². The molecule has 5 nitrogen and oxygen atoms in total. The minimum Gasteiger partial charge on any atom is -0.443 e. The number of nitrogens with zero attached hydrogens (tertiary/aromatic N) is 3. The number of rotatable bonds is 1. The van der Waals surface area contributed by atoms with Gasteiger partial charge in [0, 0.05) is 6.54 Å². The number of aromatic nitrogens is 2. The molecule has 2 heterocycles. The summed E-state index contributed by atoms with van der Waals surface area (Å²) in [6.07, 6.45) is 3.39. The molecule has 1 aliphatic heterocycles. The quantitative estimate of drug-likeness (QED) is 0.809. The van der Waals surface area contributed by atoms with Crippen LogP contribution in [0.1, 0.15) is 32.9 Å². The molecular formula is C17H21N3O2. The van der Waals surface area contributed by atoms with E-state index in [-0.39, 0.29) is 6.09 Å². The molecule has 3 rings (SSSR count). The van der Waals surface area contributed by atoms with Gasteiger partial charge in [0.25, 0.3) is 0 Å². The van der Waals surface area contributed by atoms with Crippen molar-refractivity contribution in [3.05, 3.63) is 42.2 Å². The van der Waals surface area contributed by atoms with Gasteiger partial charge in [-0.2, -0.15) is 5.10 Å². The zero-order chi connectivity index (χ0) is 15.7. The Labute approximate surface area is 130 Å². The molecule has 0 fully saturated rings. The summed E-state index contributed by atoms with van der Waals surface area (Å²) in [5, 5.41) is 4.62. The van der Waals surface area contributed by atoms with Crippen LogP contribution in [0.4, 0.5) is 10.5 Å². The number of benzene rings is 1. The van der Waals surface area contributed by atoms with Gasteiger partial charge in [-0.1, -0.05) is 18.2 Å². The highest BCUT2D eigenvalue weighted by Crippen LogP contribution is 2.28. The third-order valence-electron chi connectivity index (χ3n) is 3.49. The summed E-state index contributed by atoms with van der Waals surface area (Å²) >= 11 is 0. The predicted octanol–water partition coefficient (Wildman–Crippen LogP) is 3.56. The summed E-state index contributed by atoms with van der Waals surface area (Å²) in [4.78, 5) is 14.1. The fourth-order valence-electron chi connectivity index (χ4n) is 2.55. The topological polar surface area (TPSA) is 47.4 Å². The molecule has 116 valence electrons. The third kappa shape index (κ3) is 2.98. The minimum atomic E-state index is -0.496. The van der Waals surface area contributed by atoms with Gasteiger partial charge in [0.2, 0.25) is 0 Å². The molecule has 5 heteroatoms. The van der Waals surface area contributed by atoms with Crippen molar-refractivity contribution in [1.29, 1.82) is 0 Å². The van der Waals surface area contributed by atoms with Crippen molar-refractivity contribution in [2.45, 2.75) is 39.2 Å². The molecule has 0 spiro atoms. The Morgan fingerprint density at radius 2 is 1.95 bits per heavy atom. The number of fused-ring (bicyclic) bond motifs is 1. The Hall–Kier alpha value is -2.30. The van der Waals surface area contributed by atoms with E-state index < -0.39 is 5.60 Å². The molecule has 0 atom stereocenters. The maximum Gasteiger partial charge on any atom is 0.414 e. The van der Waals surface area contributed by atoms with E-state index in [2.05, 4.69) is 5.10 Å². The Bertz CT molecular complexity index is 671. The molecule has 0 bridgehead atoms. The average Bonchev–Trinajstić information content (AvgIpc) is 2.90. The lowest BCUT2D eigenvalue weighted by Crippen LogP contribution is -2.39.